The van der Waals surface area contributed by atoms with E-state index in [0.717, 1.165) is 0 Å². The molecule has 0 bridgehead atoms. The van der Waals surface area contributed by atoms with Crippen molar-refractivity contribution in [1.82, 2.24) is 4.98 Å². The Hall–Kier alpha value is -0.580. The molecule has 5 heteroatoms. The maximum atomic E-state index is 12.7. The molecule has 0 aliphatic heterocycles. The van der Waals surface area contributed by atoms with E-state index in [1.54, 1.807) is 6.92 Å². The smallest absolute Gasteiger partial charge is 0.228 e. The molecule has 1 aromatic rings. The van der Waals surface area contributed by atoms with Crippen molar-refractivity contribution >= 4 is 15.9 Å². The summed E-state index contributed by atoms with van der Waals surface area (Å²) in [5.74, 6) is -1.12. The minimum absolute atomic E-state index is 0.0880. The maximum absolute atomic E-state index is 12.7. The van der Waals surface area contributed by atoms with Crippen LogP contribution < -0.4 is 0 Å². The maximum Gasteiger partial charge on any atom is 0.269 e. The van der Waals surface area contributed by atoms with Gasteiger partial charge in [-0.05, 0) is 28.4 Å². The normalized spacial score (nSPS) is 10.8. The Bertz CT molecular complexity index is 301. The fourth-order valence-corrected chi connectivity index (χ4v) is 1.21. The molecule has 12 heavy (non-hydrogen) atoms. The average Bonchev–Trinajstić information content (AvgIpc) is 1.97. The summed E-state index contributed by atoms with van der Waals surface area (Å²) < 4.78 is 37.1. The summed E-state index contributed by atoms with van der Waals surface area (Å²) in [5, 5.41) is 0. The number of hydrogen-bond donors (Lipinski definition) is 0. The second-order valence-electron chi connectivity index (χ2n) is 2.26. The van der Waals surface area contributed by atoms with Crippen LogP contribution in [-0.4, -0.2) is 4.98 Å². The van der Waals surface area contributed by atoms with Gasteiger partial charge in [-0.2, -0.15) is 4.39 Å². The second-order valence-corrected chi connectivity index (χ2v) is 3.05. The first-order chi connectivity index (χ1) is 5.54. The first-order valence-electron chi connectivity index (χ1n) is 3.12. The van der Waals surface area contributed by atoms with Crippen molar-refractivity contribution in [3.63, 3.8) is 0 Å². The Morgan fingerprint density at radius 1 is 1.50 bits per heavy atom. The molecule has 0 unspecified atom stereocenters. The molecule has 0 saturated heterocycles. The number of aryl methyl sites for hydroxylation is 1. The van der Waals surface area contributed by atoms with E-state index in [-0.39, 0.29) is 4.47 Å². The number of halogens is 4. The summed E-state index contributed by atoms with van der Waals surface area (Å²) in [7, 11) is 0. The minimum atomic E-state index is -2.84. The Labute approximate surface area is 75.7 Å². The Morgan fingerprint density at radius 3 is 2.50 bits per heavy atom. The Morgan fingerprint density at radius 2 is 2.08 bits per heavy atom. The molecule has 1 nitrogen and oxygen atoms in total. The summed E-state index contributed by atoms with van der Waals surface area (Å²) in [6.45, 7) is 1.57. The van der Waals surface area contributed by atoms with E-state index in [1.165, 1.54) is 6.20 Å². The molecular weight excluding hydrogens is 235 g/mol. The zero-order valence-electron chi connectivity index (χ0n) is 6.11. The molecule has 0 spiro atoms. The van der Waals surface area contributed by atoms with Crippen molar-refractivity contribution in [1.29, 1.82) is 0 Å². The lowest BCUT2D eigenvalue weighted by Gasteiger charge is -2.05. The van der Waals surface area contributed by atoms with E-state index < -0.39 is 17.9 Å². The second kappa shape index (κ2) is 3.43. The molecule has 1 aromatic heterocycles. The number of nitrogens with zero attached hydrogens (tertiary/aromatic N) is 1. The van der Waals surface area contributed by atoms with E-state index in [0.29, 0.717) is 5.56 Å². The summed E-state index contributed by atoms with van der Waals surface area (Å²) >= 11 is 2.87. The van der Waals surface area contributed by atoms with Crippen LogP contribution in [0.2, 0.25) is 0 Å². The highest BCUT2D eigenvalue weighted by Crippen LogP contribution is 2.30. The molecule has 1 heterocycles. The fourth-order valence-electron chi connectivity index (χ4n) is 0.769. The number of rotatable bonds is 1. The summed E-state index contributed by atoms with van der Waals surface area (Å²) in [6.07, 6.45) is -1.64. The van der Waals surface area contributed by atoms with Crippen molar-refractivity contribution in [2.24, 2.45) is 0 Å². The predicted octanol–water partition coefficient (Wildman–Crippen LogP) is 3.23. The quantitative estimate of drug-likeness (QED) is 0.686. The van der Waals surface area contributed by atoms with E-state index in [9.17, 15) is 13.2 Å². The van der Waals surface area contributed by atoms with E-state index in [1.807, 2.05) is 0 Å². The van der Waals surface area contributed by atoms with Crippen molar-refractivity contribution in [2.45, 2.75) is 13.3 Å². The van der Waals surface area contributed by atoms with E-state index >= 15 is 0 Å². The lowest BCUT2D eigenvalue weighted by atomic mass is 10.2. The number of alkyl halides is 2. The molecule has 1 rings (SSSR count). The van der Waals surface area contributed by atoms with Gasteiger partial charge in [-0.15, -0.1) is 0 Å². The first-order valence-corrected chi connectivity index (χ1v) is 3.92. The monoisotopic (exact) mass is 239 g/mol. The standard InChI is InChI=1S/C7H5BrF3N/c1-3-2-12-7(11)4(5(3)8)6(9)10/h2,6H,1H3. The van der Waals surface area contributed by atoms with Gasteiger partial charge in [-0.3, -0.25) is 0 Å². The van der Waals surface area contributed by atoms with Gasteiger partial charge in [0.05, 0.1) is 5.56 Å². The van der Waals surface area contributed by atoms with Gasteiger partial charge in [0.1, 0.15) is 0 Å². The van der Waals surface area contributed by atoms with Gasteiger partial charge < -0.3 is 0 Å². The molecule has 0 amide bonds. The molecule has 0 aromatic carbocycles. The van der Waals surface area contributed by atoms with Gasteiger partial charge in [0.25, 0.3) is 6.43 Å². The van der Waals surface area contributed by atoms with Gasteiger partial charge in [-0.25, -0.2) is 13.8 Å². The third-order valence-corrected chi connectivity index (χ3v) is 2.45. The van der Waals surface area contributed by atoms with Crippen LogP contribution in [0, 0.1) is 12.9 Å². The lowest BCUT2D eigenvalue weighted by molar-refractivity contribution is 0.144. The third-order valence-electron chi connectivity index (χ3n) is 1.39. The number of aromatic nitrogens is 1. The summed E-state index contributed by atoms with van der Waals surface area (Å²) in [6, 6.07) is 0. The highest BCUT2D eigenvalue weighted by molar-refractivity contribution is 9.10. The van der Waals surface area contributed by atoms with E-state index in [4.69, 9.17) is 0 Å². The number of hydrogen-bond acceptors (Lipinski definition) is 1. The van der Waals surface area contributed by atoms with E-state index in [2.05, 4.69) is 20.9 Å². The molecule has 0 N–H and O–H groups in total. The van der Waals surface area contributed by atoms with Crippen LogP contribution in [0.25, 0.3) is 0 Å². The molecular formula is C7H5BrF3N. The van der Waals surface area contributed by atoms with Crippen LogP contribution in [-0.2, 0) is 0 Å². The summed E-state index contributed by atoms with van der Waals surface area (Å²) in [5.41, 5.74) is -0.179. The van der Waals surface area contributed by atoms with Crippen LogP contribution in [0.3, 0.4) is 0 Å². The topological polar surface area (TPSA) is 12.9 Å². The number of pyridine rings is 1. The van der Waals surface area contributed by atoms with Crippen molar-refractivity contribution in [3.8, 4) is 0 Å². The molecule has 66 valence electrons. The molecule has 0 aliphatic carbocycles. The molecule has 0 aliphatic rings. The van der Waals surface area contributed by atoms with Crippen molar-refractivity contribution < 1.29 is 13.2 Å². The zero-order chi connectivity index (χ0) is 9.30. The largest absolute Gasteiger partial charge is 0.269 e. The predicted molar refractivity (Wildman–Crippen MR) is 41.6 cm³/mol. The SMILES string of the molecule is Cc1cnc(F)c(C(F)F)c1Br. The van der Waals surface area contributed by atoms with Crippen molar-refractivity contribution in [3.05, 3.63) is 27.7 Å². The molecule has 0 fully saturated rings. The van der Waals surface area contributed by atoms with Crippen LogP contribution in [0.15, 0.2) is 10.7 Å². The van der Waals surface area contributed by atoms with Crippen LogP contribution in [0.5, 0.6) is 0 Å². The van der Waals surface area contributed by atoms with Gasteiger partial charge in [0.2, 0.25) is 5.95 Å². The highest BCUT2D eigenvalue weighted by atomic mass is 79.9. The first kappa shape index (κ1) is 9.51. The van der Waals surface area contributed by atoms with Gasteiger partial charge >= 0.3 is 0 Å². The van der Waals surface area contributed by atoms with Crippen LogP contribution in [0.4, 0.5) is 13.2 Å². The molecule has 0 radical (unpaired) electrons. The third kappa shape index (κ3) is 1.60. The van der Waals surface area contributed by atoms with Gasteiger partial charge in [0, 0.05) is 10.7 Å². The van der Waals surface area contributed by atoms with Crippen LogP contribution in [0.1, 0.15) is 17.6 Å². The lowest BCUT2D eigenvalue weighted by Crippen LogP contribution is -1.97. The zero-order valence-corrected chi connectivity index (χ0v) is 7.70. The van der Waals surface area contributed by atoms with Crippen molar-refractivity contribution in [2.75, 3.05) is 0 Å². The van der Waals surface area contributed by atoms with Gasteiger partial charge in [0.15, 0.2) is 0 Å². The average molecular weight is 240 g/mol. The molecule has 0 saturated carbocycles. The Kier molecular flexibility index (Phi) is 2.72. The molecule has 0 atom stereocenters. The highest BCUT2D eigenvalue weighted by Gasteiger charge is 2.19. The minimum Gasteiger partial charge on any atom is -0.228 e. The summed E-state index contributed by atoms with van der Waals surface area (Å²) in [4.78, 5) is 3.18. The Balaban J connectivity index is 3.33. The fraction of sp³-hybridized carbons (Fsp3) is 0.286. The van der Waals surface area contributed by atoms with Crippen LogP contribution >= 0.6 is 15.9 Å². The van der Waals surface area contributed by atoms with Gasteiger partial charge in [-0.1, -0.05) is 0 Å².